The quantitative estimate of drug-likeness (QED) is 0.455. The van der Waals surface area contributed by atoms with Crippen LogP contribution in [-0.4, -0.2) is 108 Å². The Labute approximate surface area is 157 Å². The van der Waals surface area contributed by atoms with Gasteiger partial charge in [-0.15, -0.1) is 0 Å². The SMILES string of the molecule is O=P(O)(O)N1CCOCC1.O=P(O)(ON1CCOCC1)ON1CCOCC1. The molecule has 160 valence electrons. The molecule has 0 atom stereocenters. The summed E-state index contributed by atoms with van der Waals surface area (Å²) >= 11 is 0. The molecule has 3 aliphatic heterocycles. The van der Waals surface area contributed by atoms with E-state index in [0.29, 0.717) is 78.9 Å². The summed E-state index contributed by atoms with van der Waals surface area (Å²) in [5.74, 6) is 0. The molecule has 3 N–H and O–H groups in total. The van der Waals surface area contributed by atoms with Gasteiger partial charge in [0, 0.05) is 39.3 Å². The second-order valence-corrected chi connectivity index (χ2v) is 8.65. The summed E-state index contributed by atoms with van der Waals surface area (Å²) in [6.07, 6.45) is 0. The first-order valence-electron chi connectivity index (χ1n) is 8.52. The van der Waals surface area contributed by atoms with Crippen LogP contribution in [0.15, 0.2) is 0 Å². The smallest absolute Gasteiger partial charge is 0.379 e. The standard InChI is InChI=1S/C8H17N2O6P.C4H10NO4P/c11-17(12,15-9-1-5-13-6-2-9)16-10-3-7-14-8-4-10;6-10(7,8)5-1-3-9-4-2-5/h1-8H2,(H,11,12);1-4H2,(H2,6,7,8). The van der Waals surface area contributed by atoms with E-state index in [9.17, 15) is 14.0 Å². The molecule has 13 nitrogen and oxygen atoms in total. The molecule has 0 aromatic carbocycles. The highest BCUT2D eigenvalue weighted by atomic mass is 31.2. The van der Waals surface area contributed by atoms with Crippen molar-refractivity contribution in [3.05, 3.63) is 0 Å². The largest absolute Gasteiger partial charge is 0.505 e. The number of hydrogen-bond acceptors (Lipinski definition) is 9. The summed E-state index contributed by atoms with van der Waals surface area (Å²) in [6, 6.07) is 0. The van der Waals surface area contributed by atoms with Crippen molar-refractivity contribution in [2.45, 2.75) is 0 Å². The highest BCUT2D eigenvalue weighted by Gasteiger charge is 2.31. The molecule has 0 bridgehead atoms. The molecule has 3 aliphatic rings. The van der Waals surface area contributed by atoms with Gasteiger partial charge in [0.1, 0.15) is 0 Å². The van der Waals surface area contributed by atoms with Gasteiger partial charge in [-0.1, -0.05) is 0 Å². The number of hydroxylamine groups is 4. The predicted molar refractivity (Wildman–Crippen MR) is 91.2 cm³/mol. The molecule has 0 radical (unpaired) electrons. The van der Waals surface area contributed by atoms with Crippen molar-refractivity contribution in [2.24, 2.45) is 0 Å². The van der Waals surface area contributed by atoms with Gasteiger partial charge in [0.2, 0.25) is 0 Å². The number of hydrogen-bond donors (Lipinski definition) is 3. The third kappa shape index (κ3) is 9.37. The first-order valence-corrected chi connectivity index (χ1v) is 11.6. The van der Waals surface area contributed by atoms with Crippen LogP contribution in [0.4, 0.5) is 0 Å². The lowest BCUT2D eigenvalue weighted by Crippen LogP contribution is -2.38. The molecule has 0 saturated carbocycles. The maximum absolute atomic E-state index is 11.7. The number of ether oxygens (including phenoxy) is 3. The molecule has 3 saturated heterocycles. The summed E-state index contributed by atoms with van der Waals surface area (Å²) < 4.78 is 48.4. The Balaban J connectivity index is 0.000000223. The summed E-state index contributed by atoms with van der Waals surface area (Å²) in [4.78, 5) is 26.8. The van der Waals surface area contributed by atoms with Gasteiger partial charge in [0.25, 0.3) is 0 Å². The number of nitrogens with zero attached hydrogens (tertiary/aromatic N) is 3. The first-order chi connectivity index (χ1) is 12.8. The maximum Gasteiger partial charge on any atom is 0.505 e. The molecular weight excluding hydrogens is 408 g/mol. The van der Waals surface area contributed by atoms with Crippen molar-refractivity contribution < 1.29 is 47.3 Å². The van der Waals surface area contributed by atoms with E-state index in [1.807, 2.05) is 0 Å². The zero-order chi connectivity index (χ0) is 19.8. The highest BCUT2D eigenvalue weighted by molar-refractivity contribution is 7.49. The van der Waals surface area contributed by atoms with Crippen LogP contribution in [-0.2, 0) is 32.6 Å². The zero-order valence-electron chi connectivity index (χ0n) is 14.9. The first kappa shape index (κ1) is 23.3. The van der Waals surface area contributed by atoms with Crippen molar-refractivity contribution in [1.82, 2.24) is 14.8 Å². The minimum absolute atomic E-state index is 0.324. The van der Waals surface area contributed by atoms with E-state index in [1.165, 1.54) is 10.1 Å². The average Bonchev–Trinajstić information content (AvgIpc) is 2.63. The van der Waals surface area contributed by atoms with Gasteiger partial charge < -0.3 is 28.9 Å². The monoisotopic (exact) mass is 435 g/mol. The fourth-order valence-electron chi connectivity index (χ4n) is 2.38. The Morgan fingerprint density at radius 2 is 0.963 bits per heavy atom. The summed E-state index contributed by atoms with van der Waals surface area (Å²) in [7, 11) is -8.08. The molecule has 3 heterocycles. The van der Waals surface area contributed by atoms with Gasteiger partial charge in [-0.25, -0.2) is 13.8 Å². The normalized spacial score (nSPS) is 24.3. The van der Waals surface area contributed by atoms with Crippen molar-refractivity contribution in [3.63, 3.8) is 0 Å². The summed E-state index contributed by atoms with van der Waals surface area (Å²) in [5, 5.41) is 2.79. The van der Waals surface area contributed by atoms with Crippen LogP contribution in [0, 0.1) is 0 Å². The molecule has 3 rings (SSSR count). The van der Waals surface area contributed by atoms with Crippen molar-refractivity contribution in [3.8, 4) is 0 Å². The van der Waals surface area contributed by atoms with Crippen LogP contribution in [0.1, 0.15) is 0 Å². The van der Waals surface area contributed by atoms with Gasteiger partial charge in [-0.3, -0.25) is 0 Å². The third-order valence-corrected chi connectivity index (χ3v) is 5.74. The van der Waals surface area contributed by atoms with Crippen LogP contribution < -0.4 is 0 Å². The van der Waals surface area contributed by atoms with E-state index in [2.05, 4.69) is 0 Å². The van der Waals surface area contributed by atoms with Crippen LogP contribution in [0.5, 0.6) is 0 Å². The van der Waals surface area contributed by atoms with Gasteiger partial charge in [-0.2, -0.15) is 19.4 Å². The van der Waals surface area contributed by atoms with Crippen LogP contribution in [0.3, 0.4) is 0 Å². The molecule has 15 heteroatoms. The van der Waals surface area contributed by atoms with Gasteiger partial charge in [0.05, 0.1) is 39.6 Å². The minimum atomic E-state index is -4.09. The topological polar surface area (TPSA) is 151 Å². The maximum atomic E-state index is 11.7. The average molecular weight is 435 g/mol. The summed E-state index contributed by atoms with van der Waals surface area (Å²) in [5.41, 5.74) is 0. The Hall–Kier alpha value is 0.0200. The van der Waals surface area contributed by atoms with Gasteiger partial charge in [0.15, 0.2) is 0 Å². The van der Waals surface area contributed by atoms with E-state index >= 15 is 0 Å². The second-order valence-electron chi connectivity index (χ2n) is 5.79. The van der Waals surface area contributed by atoms with E-state index in [0.717, 1.165) is 4.67 Å². The Morgan fingerprint density at radius 3 is 1.26 bits per heavy atom. The fourth-order valence-corrected chi connectivity index (χ4v) is 4.00. The lowest BCUT2D eigenvalue weighted by atomic mass is 10.5. The third-order valence-electron chi connectivity index (χ3n) is 3.73. The van der Waals surface area contributed by atoms with Crippen molar-refractivity contribution in [2.75, 3.05) is 78.9 Å². The number of phosphoric acid groups is 1. The number of rotatable bonds is 5. The van der Waals surface area contributed by atoms with E-state index in [4.69, 9.17) is 33.2 Å². The lowest BCUT2D eigenvalue weighted by molar-refractivity contribution is -0.178. The van der Waals surface area contributed by atoms with E-state index in [-0.39, 0.29) is 0 Å². The molecule has 27 heavy (non-hydrogen) atoms. The van der Waals surface area contributed by atoms with Crippen LogP contribution in [0.25, 0.3) is 0 Å². The molecule has 3 fully saturated rings. The van der Waals surface area contributed by atoms with E-state index < -0.39 is 15.6 Å². The molecule has 0 aromatic rings. The van der Waals surface area contributed by atoms with Crippen molar-refractivity contribution >= 4 is 15.6 Å². The highest BCUT2D eigenvalue weighted by Crippen LogP contribution is 2.45. The lowest BCUT2D eigenvalue weighted by Gasteiger charge is -2.30. The molecule has 0 unspecified atom stereocenters. The molecule has 0 amide bonds. The molecule has 0 spiro atoms. The molecule has 0 aromatic heterocycles. The summed E-state index contributed by atoms with van der Waals surface area (Å²) in [6.45, 7) is 5.22. The van der Waals surface area contributed by atoms with Gasteiger partial charge in [-0.05, 0) is 0 Å². The Morgan fingerprint density at radius 1 is 0.630 bits per heavy atom. The zero-order valence-corrected chi connectivity index (χ0v) is 16.7. The molecule has 0 aliphatic carbocycles. The van der Waals surface area contributed by atoms with Gasteiger partial charge >= 0.3 is 15.6 Å². The fraction of sp³-hybridized carbons (Fsp3) is 1.00. The van der Waals surface area contributed by atoms with E-state index in [1.54, 1.807) is 0 Å². The Bertz CT molecular complexity index is 494. The van der Waals surface area contributed by atoms with Crippen LogP contribution in [0.2, 0.25) is 0 Å². The number of morpholine rings is 3. The van der Waals surface area contributed by atoms with Crippen molar-refractivity contribution in [1.29, 1.82) is 0 Å². The minimum Gasteiger partial charge on any atom is -0.379 e. The predicted octanol–water partition coefficient (Wildman–Crippen LogP) is -0.974. The Kier molecular flexibility index (Phi) is 9.72. The second kappa shape index (κ2) is 11.3. The van der Waals surface area contributed by atoms with Crippen LogP contribution >= 0.6 is 15.6 Å². The molecular formula is C12H27N3O10P2.